The summed E-state index contributed by atoms with van der Waals surface area (Å²) >= 11 is 0. The fourth-order valence-corrected chi connectivity index (χ4v) is 4.21. The normalized spacial score (nSPS) is 17.6. The molecule has 1 N–H and O–H groups in total. The summed E-state index contributed by atoms with van der Waals surface area (Å²) in [6.07, 6.45) is 1.97. The van der Waals surface area contributed by atoms with E-state index < -0.39 is 5.60 Å². The fourth-order valence-electron chi connectivity index (χ4n) is 4.21. The van der Waals surface area contributed by atoms with Crippen LogP contribution in [0.4, 0.5) is 0 Å². The topological polar surface area (TPSA) is 61.0 Å². The van der Waals surface area contributed by atoms with Gasteiger partial charge >= 0.3 is 0 Å². The molecule has 6 heteroatoms. The average molecular weight is 382 g/mol. The zero-order valence-electron chi connectivity index (χ0n) is 16.7. The number of nitrogens with zero attached hydrogens (tertiary/aromatic N) is 1. The Morgan fingerprint density at radius 2 is 1.57 bits per heavy atom. The maximum atomic E-state index is 11.7. The van der Waals surface area contributed by atoms with Crippen LogP contribution in [-0.2, 0) is 12.1 Å². The summed E-state index contributed by atoms with van der Waals surface area (Å²) in [5, 5.41) is 13.5. The second-order valence-electron chi connectivity index (χ2n) is 6.99. The number of benzene rings is 2. The van der Waals surface area contributed by atoms with E-state index in [9.17, 15) is 5.11 Å². The third-order valence-corrected chi connectivity index (χ3v) is 5.49. The van der Waals surface area contributed by atoms with Crippen LogP contribution >= 0.6 is 0 Å². The first-order chi connectivity index (χ1) is 13.5. The van der Waals surface area contributed by atoms with Crippen molar-refractivity contribution in [3.05, 3.63) is 53.3 Å². The molecule has 0 spiro atoms. The number of ether oxygens (including phenoxy) is 4. The van der Waals surface area contributed by atoms with Crippen molar-refractivity contribution in [2.45, 2.75) is 19.1 Å². The molecule has 1 aromatic heterocycles. The molecule has 6 nitrogen and oxygen atoms in total. The van der Waals surface area contributed by atoms with Crippen LogP contribution in [0.3, 0.4) is 0 Å². The van der Waals surface area contributed by atoms with E-state index in [1.807, 2.05) is 41.1 Å². The first-order valence-electron chi connectivity index (χ1n) is 9.01. The molecule has 3 aromatic rings. The van der Waals surface area contributed by atoms with Crippen molar-refractivity contribution in [1.29, 1.82) is 0 Å². The highest BCUT2D eigenvalue weighted by molar-refractivity contribution is 5.88. The monoisotopic (exact) mass is 382 g/mol. The molecule has 0 fully saturated rings. The van der Waals surface area contributed by atoms with Crippen molar-refractivity contribution in [3.63, 3.8) is 0 Å². The molecule has 0 amide bonds. The zero-order valence-corrected chi connectivity index (χ0v) is 16.7. The van der Waals surface area contributed by atoms with Crippen LogP contribution in [0, 0.1) is 0 Å². The minimum absolute atomic E-state index is 0.561. The fraction of sp³-hybridized carbons (Fsp3) is 0.318. The van der Waals surface area contributed by atoms with Gasteiger partial charge in [-0.3, -0.25) is 0 Å². The molecule has 0 saturated heterocycles. The molecular weight excluding hydrogens is 358 g/mol. The first kappa shape index (κ1) is 18.4. The molecule has 0 aliphatic carbocycles. The number of aromatic nitrogens is 1. The molecule has 1 aliphatic rings. The lowest BCUT2D eigenvalue weighted by molar-refractivity contribution is -0.703. The molecule has 4 rings (SSSR count). The van der Waals surface area contributed by atoms with Gasteiger partial charge in [0, 0.05) is 11.6 Å². The average Bonchev–Trinajstić information content (AvgIpc) is 2.71. The second kappa shape index (κ2) is 6.56. The van der Waals surface area contributed by atoms with Crippen LogP contribution in [0.1, 0.15) is 23.7 Å². The molecule has 1 atom stereocenters. The maximum absolute atomic E-state index is 11.7. The summed E-state index contributed by atoms with van der Waals surface area (Å²) in [7, 11) is 6.45. The molecule has 28 heavy (non-hydrogen) atoms. The highest BCUT2D eigenvalue weighted by Crippen LogP contribution is 2.44. The second-order valence-corrected chi connectivity index (χ2v) is 6.99. The van der Waals surface area contributed by atoms with Gasteiger partial charge in [-0.2, -0.15) is 4.57 Å². The quantitative estimate of drug-likeness (QED) is 0.703. The molecule has 2 aromatic carbocycles. The standard InChI is InChI=1S/C22H24NO5/c1-22(24)16-6-7-17(25-2)20(28-5)15(16)12-23-9-8-13-10-18(26-3)19(27-4)11-14(13)21(22)23/h6-11,24H,12H2,1-5H3/q+1/t22-/m1/s1. The van der Waals surface area contributed by atoms with Gasteiger partial charge in [-0.05, 0) is 30.5 Å². The van der Waals surface area contributed by atoms with E-state index in [1.165, 1.54) is 0 Å². The third kappa shape index (κ3) is 2.48. The SMILES string of the molecule is COc1cc2cc[n+]3c(c2cc1OC)[C@](C)(O)c1ccc(OC)c(OC)c1C3. The molecule has 1 aliphatic heterocycles. The van der Waals surface area contributed by atoms with Gasteiger partial charge in [-0.15, -0.1) is 0 Å². The Balaban J connectivity index is 2.02. The van der Waals surface area contributed by atoms with E-state index in [1.54, 1.807) is 35.4 Å². The number of methoxy groups -OCH3 is 4. The van der Waals surface area contributed by atoms with Gasteiger partial charge in [-0.1, -0.05) is 6.07 Å². The van der Waals surface area contributed by atoms with Crippen molar-refractivity contribution >= 4 is 10.8 Å². The van der Waals surface area contributed by atoms with E-state index in [4.69, 9.17) is 18.9 Å². The summed E-state index contributed by atoms with van der Waals surface area (Å²) in [5.74, 6) is 2.57. The number of aliphatic hydroxyl groups is 1. The van der Waals surface area contributed by atoms with Crippen LogP contribution in [0.2, 0.25) is 0 Å². The maximum Gasteiger partial charge on any atom is 0.225 e. The summed E-state index contributed by atoms with van der Waals surface area (Å²) < 4.78 is 24.0. The van der Waals surface area contributed by atoms with Crippen LogP contribution in [0.5, 0.6) is 23.0 Å². The predicted octanol–water partition coefficient (Wildman–Crippen LogP) is 2.78. The van der Waals surface area contributed by atoms with E-state index >= 15 is 0 Å². The van der Waals surface area contributed by atoms with Crippen LogP contribution < -0.4 is 23.5 Å². The summed E-state index contributed by atoms with van der Waals surface area (Å²) in [4.78, 5) is 0. The Hall–Kier alpha value is -2.99. The molecule has 0 saturated carbocycles. The van der Waals surface area contributed by atoms with Gasteiger partial charge in [0.15, 0.2) is 41.3 Å². The molecule has 146 valence electrons. The summed E-state index contributed by atoms with van der Waals surface area (Å²) in [5.41, 5.74) is 1.27. The lowest BCUT2D eigenvalue weighted by Gasteiger charge is -2.31. The van der Waals surface area contributed by atoms with E-state index in [0.29, 0.717) is 29.5 Å². The molecule has 0 unspecified atom stereocenters. The van der Waals surface area contributed by atoms with Crippen LogP contribution in [0.25, 0.3) is 10.8 Å². The lowest BCUT2D eigenvalue weighted by atomic mass is 9.82. The van der Waals surface area contributed by atoms with Crippen molar-refractivity contribution in [1.82, 2.24) is 0 Å². The Kier molecular flexibility index (Phi) is 4.31. The van der Waals surface area contributed by atoms with Crippen molar-refractivity contribution in [3.8, 4) is 23.0 Å². The smallest absolute Gasteiger partial charge is 0.225 e. The number of hydrogen-bond donors (Lipinski definition) is 1. The van der Waals surface area contributed by atoms with Crippen molar-refractivity contribution in [2.24, 2.45) is 0 Å². The van der Waals surface area contributed by atoms with Gasteiger partial charge in [0.2, 0.25) is 5.69 Å². The minimum Gasteiger partial charge on any atom is -0.493 e. The molecular formula is C22H24NO5+. The summed E-state index contributed by atoms with van der Waals surface area (Å²) in [6.45, 7) is 2.37. The predicted molar refractivity (Wildman–Crippen MR) is 105 cm³/mol. The Bertz CT molecular complexity index is 1070. The third-order valence-electron chi connectivity index (χ3n) is 5.49. The summed E-state index contributed by atoms with van der Waals surface area (Å²) in [6, 6.07) is 9.58. The molecule has 2 heterocycles. The van der Waals surface area contributed by atoms with Crippen LogP contribution in [0.15, 0.2) is 36.5 Å². The van der Waals surface area contributed by atoms with Crippen molar-refractivity contribution in [2.75, 3.05) is 28.4 Å². The minimum atomic E-state index is -1.23. The van der Waals surface area contributed by atoms with Gasteiger partial charge in [0.1, 0.15) is 0 Å². The molecule has 0 bridgehead atoms. The van der Waals surface area contributed by atoms with E-state index in [0.717, 1.165) is 27.6 Å². The van der Waals surface area contributed by atoms with Gasteiger partial charge in [-0.25, -0.2) is 0 Å². The number of pyridine rings is 1. The Morgan fingerprint density at radius 1 is 0.893 bits per heavy atom. The van der Waals surface area contributed by atoms with Gasteiger partial charge in [0.05, 0.1) is 39.4 Å². The lowest BCUT2D eigenvalue weighted by Crippen LogP contribution is -2.50. The highest BCUT2D eigenvalue weighted by atomic mass is 16.5. The Labute approximate surface area is 163 Å². The van der Waals surface area contributed by atoms with Gasteiger partial charge in [0.25, 0.3) is 0 Å². The number of fused-ring (bicyclic) bond motifs is 4. The number of rotatable bonds is 4. The number of hydrogen-bond acceptors (Lipinski definition) is 5. The molecule has 0 radical (unpaired) electrons. The first-order valence-corrected chi connectivity index (χ1v) is 9.01. The van der Waals surface area contributed by atoms with Gasteiger partial charge < -0.3 is 24.1 Å². The zero-order chi connectivity index (χ0) is 20.1. The van der Waals surface area contributed by atoms with E-state index in [-0.39, 0.29) is 0 Å². The van der Waals surface area contributed by atoms with Crippen molar-refractivity contribution < 1.29 is 28.6 Å². The van der Waals surface area contributed by atoms with E-state index in [2.05, 4.69) is 0 Å². The Morgan fingerprint density at radius 3 is 2.21 bits per heavy atom. The highest BCUT2D eigenvalue weighted by Gasteiger charge is 2.44. The largest absolute Gasteiger partial charge is 0.493 e. The van der Waals surface area contributed by atoms with Crippen LogP contribution in [-0.4, -0.2) is 33.5 Å².